The lowest BCUT2D eigenvalue weighted by atomic mass is 10.0. The van der Waals surface area contributed by atoms with Gasteiger partial charge in [0.1, 0.15) is 5.75 Å². The number of nitrogens with one attached hydrogen (secondary N) is 1. The van der Waals surface area contributed by atoms with Crippen molar-refractivity contribution in [2.75, 3.05) is 12.0 Å². The minimum Gasteiger partial charge on any atom is -0.492 e. The van der Waals surface area contributed by atoms with Crippen molar-refractivity contribution in [3.63, 3.8) is 0 Å². The van der Waals surface area contributed by atoms with Crippen LogP contribution in [0.25, 0.3) is 0 Å². The van der Waals surface area contributed by atoms with Crippen molar-refractivity contribution in [1.29, 1.82) is 0 Å². The number of nitrogens with zero attached hydrogens (tertiary/aromatic N) is 1. The summed E-state index contributed by atoms with van der Waals surface area (Å²) in [6, 6.07) is 2.59. The molecule has 0 saturated carbocycles. The minimum atomic E-state index is -5.23. The van der Waals surface area contributed by atoms with E-state index in [2.05, 4.69) is 10.5 Å². The quantitative estimate of drug-likeness (QED) is 0.490. The van der Waals surface area contributed by atoms with E-state index in [1.165, 1.54) is 12.1 Å². The van der Waals surface area contributed by atoms with E-state index in [1.807, 2.05) is 0 Å². The number of halogens is 5. The van der Waals surface area contributed by atoms with Gasteiger partial charge in [0.05, 0.1) is 35.0 Å². The number of ether oxygens (including phenoxy) is 1. The molecule has 0 bridgehead atoms. The molecule has 3 N–H and O–H groups in total. The van der Waals surface area contributed by atoms with Gasteiger partial charge in [-0.1, -0.05) is 23.2 Å². The molecule has 0 aliphatic rings. The van der Waals surface area contributed by atoms with E-state index in [0.29, 0.717) is 0 Å². The molecule has 11 heteroatoms. The number of hydrazone groups is 1. The van der Waals surface area contributed by atoms with Crippen molar-refractivity contribution in [3.05, 3.63) is 22.2 Å². The Kier molecular flexibility index (Phi) is 6.70. The van der Waals surface area contributed by atoms with Crippen LogP contribution in [-0.4, -0.2) is 40.8 Å². The molecule has 0 radical (unpaired) electrons. The molecule has 0 heterocycles. The summed E-state index contributed by atoms with van der Waals surface area (Å²) in [5, 5.41) is 21.4. The molecule has 1 atom stereocenters. The second-order valence-electron chi connectivity index (χ2n) is 4.56. The Hall–Kier alpha value is -1.71. The number of hydrogen-bond donors (Lipinski definition) is 3. The van der Waals surface area contributed by atoms with Gasteiger partial charge in [-0.25, -0.2) is 0 Å². The van der Waals surface area contributed by atoms with Crippen LogP contribution in [0.5, 0.6) is 5.75 Å². The van der Waals surface area contributed by atoms with Gasteiger partial charge in [0.2, 0.25) is 5.60 Å². The summed E-state index contributed by atoms with van der Waals surface area (Å²) in [5.41, 5.74) is -1.39. The zero-order chi connectivity index (χ0) is 18.5. The Bertz CT molecular complexity index is 640. The standard InChI is InChI=1S/C13H13Cl2F3N2O4/c1-2-24-10-4-9(7(14)3-8(10)15)20-19-6-12(23,5-11(21)22)13(16,17)18/h3-4,6,20,23H,2,5H2,1H3,(H,21,22)/b19-6+. The molecule has 1 aromatic carbocycles. The van der Waals surface area contributed by atoms with Crippen LogP contribution >= 0.6 is 23.2 Å². The first-order chi connectivity index (χ1) is 11.0. The number of benzene rings is 1. The summed E-state index contributed by atoms with van der Waals surface area (Å²) in [6.07, 6.45) is -6.77. The lowest BCUT2D eigenvalue weighted by Gasteiger charge is -2.24. The molecule has 1 aromatic rings. The van der Waals surface area contributed by atoms with Crippen LogP contribution in [-0.2, 0) is 4.79 Å². The van der Waals surface area contributed by atoms with Crippen LogP contribution in [0.2, 0.25) is 10.0 Å². The Balaban J connectivity index is 3.03. The number of rotatable bonds is 7. The van der Waals surface area contributed by atoms with Crippen LogP contribution < -0.4 is 10.2 Å². The number of carbonyl (C=O) groups is 1. The fourth-order valence-corrected chi connectivity index (χ4v) is 2.02. The van der Waals surface area contributed by atoms with Gasteiger partial charge in [-0.2, -0.15) is 18.3 Å². The largest absolute Gasteiger partial charge is 0.492 e. The lowest BCUT2D eigenvalue weighted by molar-refractivity contribution is -0.232. The predicted octanol–water partition coefficient (Wildman–Crippen LogP) is 3.56. The highest BCUT2D eigenvalue weighted by Crippen LogP contribution is 2.35. The van der Waals surface area contributed by atoms with Crippen molar-refractivity contribution in [2.45, 2.75) is 25.1 Å². The third-order valence-corrected chi connectivity index (χ3v) is 3.30. The molecule has 0 fully saturated rings. The maximum atomic E-state index is 12.8. The monoisotopic (exact) mass is 388 g/mol. The number of hydrogen-bond acceptors (Lipinski definition) is 5. The van der Waals surface area contributed by atoms with Crippen molar-refractivity contribution >= 4 is 41.1 Å². The van der Waals surface area contributed by atoms with Gasteiger partial charge >= 0.3 is 12.1 Å². The first-order valence-electron chi connectivity index (χ1n) is 6.43. The van der Waals surface area contributed by atoms with Crippen LogP contribution in [0.3, 0.4) is 0 Å². The van der Waals surface area contributed by atoms with Crippen LogP contribution in [0.15, 0.2) is 17.2 Å². The topological polar surface area (TPSA) is 91.1 Å². The zero-order valence-corrected chi connectivity index (χ0v) is 13.7. The van der Waals surface area contributed by atoms with E-state index in [-0.39, 0.29) is 34.3 Å². The first-order valence-corrected chi connectivity index (χ1v) is 7.18. The van der Waals surface area contributed by atoms with Crippen molar-refractivity contribution in [2.24, 2.45) is 5.10 Å². The van der Waals surface area contributed by atoms with Gasteiger partial charge in [-0.05, 0) is 13.0 Å². The fourth-order valence-electron chi connectivity index (χ4n) is 1.54. The third-order valence-electron chi connectivity index (χ3n) is 2.70. The molecule has 0 aromatic heterocycles. The molecule has 0 amide bonds. The Morgan fingerprint density at radius 3 is 2.50 bits per heavy atom. The molecule has 1 rings (SSSR count). The lowest BCUT2D eigenvalue weighted by Crippen LogP contribution is -2.48. The molecule has 24 heavy (non-hydrogen) atoms. The van der Waals surface area contributed by atoms with Crippen LogP contribution in [0.4, 0.5) is 18.9 Å². The fraction of sp³-hybridized carbons (Fsp3) is 0.385. The molecular formula is C13H13Cl2F3N2O4. The van der Waals surface area contributed by atoms with E-state index in [0.717, 1.165) is 0 Å². The summed E-state index contributed by atoms with van der Waals surface area (Å²) in [5.74, 6) is -1.62. The smallest absolute Gasteiger partial charge is 0.423 e. The average Bonchev–Trinajstić information content (AvgIpc) is 2.41. The van der Waals surface area contributed by atoms with Gasteiger partial charge in [-0.3, -0.25) is 10.2 Å². The third kappa shape index (κ3) is 5.15. The highest BCUT2D eigenvalue weighted by atomic mass is 35.5. The highest BCUT2D eigenvalue weighted by Gasteiger charge is 2.54. The maximum absolute atomic E-state index is 12.8. The Morgan fingerprint density at radius 2 is 2.00 bits per heavy atom. The Labute approximate surface area is 144 Å². The van der Waals surface area contributed by atoms with Crippen LogP contribution in [0.1, 0.15) is 13.3 Å². The van der Waals surface area contributed by atoms with E-state index in [9.17, 15) is 23.1 Å². The SMILES string of the molecule is CCOc1cc(N/N=C/C(O)(CC(=O)O)C(F)(F)F)c(Cl)cc1Cl. The second-order valence-corrected chi connectivity index (χ2v) is 5.37. The molecule has 0 spiro atoms. The highest BCUT2D eigenvalue weighted by molar-refractivity contribution is 6.37. The van der Waals surface area contributed by atoms with Gasteiger partial charge < -0.3 is 14.9 Å². The summed E-state index contributed by atoms with van der Waals surface area (Å²) in [6.45, 7) is 1.99. The Morgan fingerprint density at radius 1 is 1.38 bits per heavy atom. The molecular weight excluding hydrogens is 376 g/mol. The van der Waals surface area contributed by atoms with E-state index in [4.69, 9.17) is 33.0 Å². The number of carboxylic acids is 1. The van der Waals surface area contributed by atoms with E-state index >= 15 is 0 Å². The first kappa shape index (κ1) is 20.3. The van der Waals surface area contributed by atoms with Crippen molar-refractivity contribution in [1.82, 2.24) is 0 Å². The molecule has 0 aliphatic heterocycles. The van der Waals surface area contributed by atoms with Gasteiger partial charge in [0.25, 0.3) is 0 Å². The molecule has 134 valence electrons. The minimum absolute atomic E-state index is 0.0365. The van der Waals surface area contributed by atoms with E-state index in [1.54, 1.807) is 6.92 Å². The maximum Gasteiger partial charge on any atom is 0.423 e. The number of aliphatic hydroxyl groups is 1. The van der Waals surface area contributed by atoms with Gasteiger partial charge in [-0.15, -0.1) is 0 Å². The predicted molar refractivity (Wildman–Crippen MR) is 83.0 cm³/mol. The normalized spacial score (nSPS) is 14.5. The molecule has 6 nitrogen and oxygen atoms in total. The zero-order valence-electron chi connectivity index (χ0n) is 12.2. The summed E-state index contributed by atoms with van der Waals surface area (Å²) < 4.78 is 43.6. The number of aliphatic carboxylic acids is 1. The van der Waals surface area contributed by atoms with Gasteiger partial charge in [0, 0.05) is 6.07 Å². The summed E-state index contributed by atoms with van der Waals surface area (Å²) in [4.78, 5) is 10.5. The molecule has 0 aliphatic carbocycles. The molecule has 1 unspecified atom stereocenters. The van der Waals surface area contributed by atoms with Gasteiger partial charge in [0.15, 0.2) is 0 Å². The number of alkyl halides is 3. The second kappa shape index (κ2) is 7.91. The van der Waals surface area contributed by atoms with Crippen molar-refractivity contribution in [3.8, 4) is 5.75 Å². The summed E-state index contributed by atoms with van der Waals surface area (Å²) >= 11 is 11.7. The van der Waals surface area contributed by atoms with Crippen LogP contribution in [0, 0.1) is 0 Å². The average molecular weight is 389 g/mol. The summed E-state index contributed by atoms with van der Waals surface area (Å²) in [7, 11) is 0. The number of anilines is 1. The molecule has 0 saturated heterocycles. The van der Waals surface area contributed by atoms with E-state index < -0.39 is 24.2 Å². The number of carboxylic acid groups (broad SMARTS) is 1. The van der Waals surface area contributed by atoms with Crippen molar-refractivity contribution < 1.29 is 32.9 Å².